The van der Waals surface area contributed by atoms with Crippen LogP contribution in [0.3, 0.4) is 0 Å². The number of nitrogens with one attached hydrogen (secondary N) is 1. The topological polar surface area (TPSA) is 124 Å². The van der Waals surface area contributed by atoms with Crippen molar-refractivity contribution >= 4 is 27.3 Å². The predicted molar refractivity (Wildman–Crippen MR) is 132 cm³/mol. The number of carbonyl (C=O) groups excluding carboxylic acids is 2. The highest BCUT2D eigenvalue weighted by Crippen LogP contribution is 2.38. The van der Waals surface area contributed by atoms with Crippen molar-refractivity contribution in [2.24, 2.45) is 5.73 Å². The first-order chi connectivity index (χ1) is 17.5. The zero-order chi connectivity index (χ0) is 26.5. The summed E-state index contributed by atoms with van der Waals surface area (Å²) in [5.74, 6) is -3.91. The van der Waals surface area contributed by atoms with E-state index in [-0.39, 0.29) is 10.6 Å². The zero-order valence-electron chi connectivity index (χ0n) is 19.5. The zero-order valence-corrected chi connectivity index (χ0v) is 20.3. The van der Waals surface area contributed by atoms with Gasteiger partial charge in [0.25, 0.3) is 11.8 Å². The largest absolute Gasteiger partial charge is 0.364 e. The summed E-state index contributed by atoms with van der Waals surface area (Å²) in [6, 6.07) is 14.5. The maximum Gasteiger partial charge on any atom is 0.269 e. The first-order valence-corrected chi connectivity index (χ1v) is 13.0. The third-order valence-electron chi connectivity index (χ3n) is 6.19. The van der Waals surface area contributed by atoms with Crippen molar-refractivity contribution in [1.82, 2.24) is 9.78 Å². The van der Waals surface area contributed by atoms with E-state index in [1.807, 2.05) is 0 Å². The third-order valence-corrected chi connectivity index (χ3v) is 7.32. The van der Waals surface area contributed by atoms with Gasteiger partial charge in [0.15, 0.2) is 27.2 Å². The Labute approximate surface area is 210 Å². The minimum absolute atomic E-state index is 0.0871. The summed E-state index contributed by atoms with van der Waals surface area (Å²) in [6.07, 6.45) is 2.17. The van der Waals surface area contributed by atoms with Crippen molar-refractivity contribution in [3.63, 3.8) is 0 Å². The number of sulfone groups is 1. The number of aryl methyl sites for hydroxylation is 1. The predicted octanol–water partition coefficient (Wildman–Crippen LogP) is 3.67. The maximum absolute atomic E-state index is 14.1. The average molecular weight is 523 g/mol. The summed E-state index contributed by atoms with van der Waals surface area (Å²) in [6.45, 7) is 0. The molecule has 0 radical (unpaired) electrons. The number of amides is 2. The van der Waals surface area contributed by atoms with Crippen LogP contribution in [0.5, 0.6) is 0 Å². The molecule has 4 aromatic rings. The first kappa shape index (κ1) is 24.3. The summed E-state index contributed by atoms with van der Waals surface area (Å²) in [5, 5.41) is 7.01. The molecule has 3 N–H and O–H groups in total. The fourth-order valence-corrected chi connectivity index (χ4v) is 5.04. The van der Waals surface area contributed by atoms with E-state index in [1.165, 1.54) is 28.9 Å². The van der Waals surface area contributed by atoms with Crippen LogP contribution < -0.4 is 11.1 Å². The molecule has 1 heterocycles. The van der Waals surface area contributed by atoms with Gasteiger partial charge in [-0.25, -0.2) is 21.9 Å². The Bertz CT molecular complexity index is 1700. The maximum atomic E-state index is 14.1. The number of nitrogens with two attached hydrogens (primary N) is 1. The van der Waals surface area contributed by atoms with Gasteiger partial charge in [-0.1, -0.05) is 12.1 Å². The van der Waals surface area contributed by atoms with Crippen LogP contribution in [0.25, 0.3) is 16.9 Å². The molecule has 3 aromatic carbocycles. The number of rotatable bonds is 5. The van der Waals surface area contributed by atoms with Crippen LogP contribution in [-0.2, 0) is 22.7 Å². The molecule has 188 valence electrons. The lowest BCUT2D eigenvalue weighted by Crippen LogP contribution is -2.16. The summed E-state index contributed by atoms with van der Waals surface area (Å²) >= 11 is 0. The lowest BCUT2D eigenvalue weighted by molar-refractivity contribution is 0.0991. The average Bonchev–Trinajstić information content (AvgIpc) is 3.26. The number of nitrogens with zero attached hydrogens (tertiary/aromatic N) is 2. The number of hydrogen-bond acceptors (Lipinski definition) is 5. The van der Waals surface area contributed by atoms with Crippen LogP contribution >= 0.6 is 0 Å². The quantitative estimate of drug-likeness (QED) is 0.414. The minimum atomic E-state index is -3.42. The van der Waals surface area contributed by atoms with Crippen molar-refractivity contribution in [2.45, 2.75) is 17.7 Å². The van der Waals surface area contributed by atoms with Gasteiger partial charge in [-0.2, -0.15) is 5.10 Å². The minimum Gasteiger partial charge on any atom is -0.364 e. The molecule has 1 aliphatic carbocycles. The smallest absolute Gasteiger partial charge is 0.269 e. The molecule has 37 heavy (non-hydrogen) atoms. The van der Waals surface area contributed by atoms with Gasteiger partial charge in [-0.3, -0.25) is 9.59 Å². The second kappa shape index (κ2) is 8.93. The standard InChI is InChI=1S/C26H20F2N4O4S/c1-37(35,36)17-10-8-16(9-11-17)32-24-19(23(31-32)25(29)33)12-6-14-5-7-15(13-20(14)24)30-26(34)18-3-2-4-21(27)22(18)28/h2-5,7-11,13H,6,12H2,1H3,(H2,29,33)(H,30,34). The molecule has 0 atom stereocenters. The Morgan fingerprint density at radius 2 is 1.76 bits per heavy atom. The normalized spacial score (nSPS) is 12.5. The molecular weight excluding hydrogens is 502 g/mol. The second-order valence-corrected chi connectivity index (χ2v) is 10.7. The van der Waals surface area contributed by atoms with Crippen LogP contribution in [0.2, 0.25) is 0 Å². The Kier molecular flexibility index (Phi) is 5.87. The fraction of sp³-hybridized carbons (Fsp3) is 0.115. The van der Waals surface area contributed by atoms with Gasteiger partial charge < -0.3 is 11.1 Å². The molecular formula is C26H20F2N4O4S. The molecule has 8 nitrogen and oxygen atoms in total. The highest BCUT2D eigenvalue weighted by Gasteiger charge is 2.28. The van der Waals surface area contributed by atoms with Gasteiger partial charge in [-0.05, 0) is 66.9 Å². The molecule has 0 fully saturated rings. The van der Waals surface area contributed by atoms with Gasteiger partial charge in [0.1, 0.15) is 0 Å². The number of anilines is 1. The van der Waals surface area contributed by atoms with Gasteiger partial charge in [0, 0.05) is 23.1 Å². The third kappa shape index (κ3) is 4.38. The molecule has 2 amide bonds. The fourth-order valence-electron chi connectivity index (χ4n) is 4.41. The van der Waals surface area contributed by atoms with E-state index < -0.39 is 38.8 Å². The number of primary amides is 1. The summed E-state index contributed by atoms with van der Waals surface area (Å²) < 4.78 is 53.0. The van der Waals surface area contributed by atoms with E-state index in [0.717, 1.165) is 17.9 Å². The van der Waals surface area contributed by atoms with E-state index >= 15 is 0 Å². The van der Waals surface area contributed by atoms with Crippen molar-refractivity contribution in [2.75, 3.05) is 11.6 Å². The molecule has 11 heteroatoms. The second-order valence-electron chi connectivity index (χ2n) is 8.65. The van der Waals surface area contributed by atoms with Crippen LogP contribution in [-0.4, -0.2) is 36.3 Å². The van der Waals surface area contributed by atoms with E-state index in [4.69, 9.17) is 5.73 Å². The Balaban J connectivity index is 1.60. The van der Waals surface area contributed by atoms with E-state index in [0.29, 0.717) is 41.0 Å². The van der Waals surface area contributed by atoms with Crippen LogP contribution in [0, 0.1) is 11.6 Å². The van der Waals surface area contributed by atoms with Crippen molar-refractivity contribution in [1.29, 1.82) is 0 Å². The molecule has 0 saturated carbocycles. The molecule has 0 unspecified atom stereocenters. The van der Waals surface area contributed by atoms with Crippen molar-refractivity contribution in [3.8, 4) is 16.9 Å². The lowest BCUT2D eigenvalue weighted by atomic mass is 9.88. The van der Waals surface area contributed by atoms with E-state index in [9.17, 15) is 26.8 Å². The summed E-state index contributed by atoms with van der Waals surface area (Å²) in [5.41, 5.74) is 8.82. The van der Waals surface area contributed by atoms with Gasteiger partial charge in [0.05, 0.1) is 21.8 Å². The number of carbonyl (C=O) groups is 2. The molecule has 1 aromatic heterocycles. The number of benzene rings is 3. The van der Waals surface area contributed by atoms with Crippen molar-refractivity contribution in [3.05, 3.63) is 94.7 Å². The van der Waals surface area contributed by atoms with Gasteiger partial charge in [0.2, 0.25) is 0 Å². The highest BCUT2D eigenvalue weighted by molar-refractivity contribution is 7.90. The SMILES string of the molecule is CS(=O)(=O)c1ccc(-n2nc(C(N)=O)c3c2-c2cc(NC(=O)c4cccc(F)c4F)ccc2CC3)cc1. The Morgan fingerprint density at radius 1 is 1.03 bits per heavy atom. The van der Waals surface area contributed by atoms with Crippen molar-refractivity contribution < 1.29 is 26.8 Å². The van der Waals surface area contributed by atoms with E-state index in [2.05, 4.69) is 10.4 Å². The number of fused-ring (bicyclic) bond motifs is 3. The molecule has 0 spiro atoms. The monoisotopic (exact) mass is 522 g/mol. The van der Waals surface area contributed by atoms with Crippen LogP contribution in [0.15, 0.2) is 65.6 Å². The van der Waals surface area contributed by atoms with Crippen LogP contribution in [0.1, 0.15) is 32.0 Å². The van der Waals surface area contributed by atoms with E-state index in [1.54, 1.807) is 30.3 Å². The molecule has 0 saturated heterocycles. The number of halogens is 2. The highest BCUT2D eigenvalue weighted by atomic mass is 32.2. The van der Waals surface area contributed by atoms with Gasteiger partial charge >= 0.3 is 0 Å². The molecule has 0 bridgehead atoms. The van der Waals surface area contributed by atoms with Gasteiger partial charge in [-0.15, -0.1) is 0 Å². The van der Waals surface area contributed by atoms with Crippen LogP contribution in [0.4, 0.5) is 14.5 Å². The Morgan fingerprint density at radius 3 is 2.43 bits per heavy atom. The Hall–Kier alpha value is -4.38. The molecule has 5 rings (SSSR count). The number of hydrogen-bond donors (Lipinski definition) is 2. The molecule has 0 aliphatic heterocycles. The lowest BCUT2D eigenvalue weighted by Gasteiger charge is -2.20. The molecule has 1 aliphatic rings. The number of aromatic nitrogens is 2. The first-order valence-electron chi connectivity index (χ1n) is 11.2. The summed E-state index contributed by atoms with van der Waals surface area (Å²) in [4.78, 5) is 25.0. The summed E-state index contributed by atoms with van der Waals surface area (Å²) in [7, 11) is -3.42.